The molecule has 0 bridgehead atoms. The van der Waals surface area contributed by atoms with E-state index in [0.29, 0.717) is 5.82 Å². The molecule has 0 amide bonds. The fourth-order valence-electron chi connectivity index (χ4n) is 7.48. The second kappa shape index (κ2) is 9.71. The predicted octanol–water partition coefficient (Wildman–Crippen LogP) is 11.6. The van der Waals surface area contributed by atoms with Crippen LogP contribution in [-0.2, 0) is 5.41 Å². The average Bonchev–Trinajstić information content (AvgIpc) is 3.69. The summed E-state index contributed by atoms with van der Waals surface area (Å²) >= 11 is 1.77. The zero-order chi connectivity index (χ0) is 33.8. The van der Waals surface area contributed by atoms with Crippen LogP contribution < -0.4 is 0 Å². The summed E-state index contributed by atoms with van der Waals surface area (Å²) in [6.07, 6.45) is 0. The van der Waals surface area contributed by atoms with Crippen LogP contribution >= 0.6 is 11.3 Å². The lowest BCUT2D eigenvalue weighted by atomic mass is 9.74. The van der Waals surface area contributed by atoms with Gasteiger partial charge in [-0.05, 0) is 52.6 Å². The monoisotopic (exact) mass is 622 g/mol. The van der Waals surface area contributed by atoms with Crippen LogP contribution in [-0.4, -0.2) is 14.5 Å². The molecule has 10 rings (SSSR count). The summed E-state index contributed by atoms with van der Waals surface area (Å²) in [5, 5.41) is 3.18. The van der Waals surface area contributed by atoms with Gasteiger partial charge in [0, 0.05) is 41.5 Å². The van der Waals surface area contributed by atoms with Gasteiger partial charge in [-0.2, -0.15) is 0 Å². The smallest absolute Gasteiger partial charge is 0.160 e. The number of hydrogen-bond acceptors (Lipinski definition) is 3. The number of rotatable bonds is 3. The third-order valence-electron chi connectivity index (χ3n) is 9.72. The van der Waals surface area contributed by atoms with Crippen LogP contribution in [0.3, 0.4) is 0 Å². The van der Waals surface area contributed by atoms with Crippen molar-refractivity contribution in [3.8, 4) is 39.5 Å². The van der Waals surface area contributed by atoms with E-state index >= 15 is 0 Å². The van der Waals surface area contributed by atoms with Crippen molar-refractivity contribution < 1.29 is 4.11 Å². The molecule has 0 N–H and O–H groups in total. The molecule has 1 atom stereocenters. The molecule has 1 aliphatic heterocycles. The van der Waals surface area contributed by atoms with E-state index < -0.39 is 12.3 Å². The molecule has 47 heavy (non-hydrogen) atoms. The minimum atomic E-state index is -2.32. The Balaban J connectivity index is 1.25. The highest BCUT2D eigenvalue weighted by molar-refractivity contribution is 7.26. The summed E-state index contributed by atoms with van der Waals surface area (Å²) in [4.78, 5) is 10.3. The molecule has 6 aromatic carbocycles. The van der Waals surface area contributed by atoms with Gasteiger partial charge in [-0.1, -0.05) is 123 Å². The van der Waals surface area contributed by atoms with E-state index in [-0.39, 0.29) is 0 Å². The molecule has 4 heteroatoms. The SMILES string of the molecule is [2H]C([2H])([2H])C1(C)c2cc(-c3nc(-c4cccc(-c5ccccc5)c4)nc4ccccc34)ccc2-n2c3c1cccc3c1sc3ccccc3c12. The van der Waals surface area contributed by atoms with Gasteiger partial charge in [-0.15, -0.1) is 11.3 Å². The second-order valence-corrected chi connectivity index (χ2v) is 13.6. The Labute approximate surface area is 280 Å². The first kappa shape index (κ1) is 23.7. The summed E-state index contributed by atoms with van der Waals surface area (Å²) in [5.41, 5.74) is 8.90. The first-order chi connectivity index (χ1) is 24.3. The van der Waals surface area contributed by atoms with Crippen molar-refractivity contribution >= 4 is 53.4 Å². The summed E-state index contributed by atoms with van der Waals surface area (Å²) in [5.74, 6) is 0.622. The highest BCUT2D eigenvalue weighted by Crippen LogP contribution is 2.51. The third-order valence-corrected chi connectivity index (χ3v) is 10.9. The Morgan fingerprint density at radius 1 is 0.596 bits per heavy atom. The number of benzene rings is 6. The molecule has 0 aliphatic carbocycles. The molecule has 4 heterocycles. The Hall–Kier alpha value is -5.58. The van der Waals surface area contributed by atoms with Gasteiger partial charge in [-0.25, -0.2) is 9.97 Å². The van der Waals surface area contributed by atoms with Crippen LogP contribution in [0.25, 0.3) is 81.6 Å². The second-order valence-electron chi connectivity index (χ2n) is 12.5. The summed E-state index contributed by atoms with van der Waals surface area (Å²) < 4.78 is 31.8. The lowest BCUT2D eigenvalue weighted by Crippen LogP contribution is -2.26. The minimum absolute atomic E-state index is 0.622. The zero-order valence-corrected chi connectivity index (χ0v) is 26.3. The van der Waals surface area contributed by atoms with Gasteiger partial charge in [0.25, 0.3) is 0 Å². The number of hydrogen-bond donors (Lipinski definition) is 0. The maximum absolute atomic E-state index is 9.03. The van der Waals surface area contributed by atoms with Crippen LogP contribution in [0.1, 0.15) is 29.0 Å². The van der Waals surface area contributed by atoms with Gasteiger partial charge >= 0.3 is 0 Å². The summed E-state index contributed by atoms with van der Waals surface area (Å²) in [6, 6.07) is 47.6. The Bertz CT molecular complexity index is 2830. The molecule has 3 nitrogen and oxygen atoms in total. The van der Waals surface area contributed by atoms with E-state index in [1.54, 1.807) is 11.3 Å². The van der Waals surface area contributed by atoms with E-state index in [2.05, 4.69) is 77.4 Å². The maximum atomic E-state index is 9.03. The quantitative estimate of drug-likeness (QED) is 0.196. The molecule has 0 fully saturated rings. The van der Waals surface area contributed by atoms with Crippen molar-refractivity contribution in [2.24, 2.45) is 0 Å². The van der Waals surface area contributed by atoms with Crippen LogP contribution in [0.15, 0.2) is 140 Å². The fraction of sp³-hybridized carbons (Fsp3) is 0.0698. The lowest BCUT2D eigenvalue weighted by molar-refractivity contribution is 0.630. The van der Waals surface area contributed by atoms with E-state index in [0.717, 1.165) is 72.1 Å². The zero-order valence-electron chi connectivity index (χ0n) is 28.5. The Morgan fingerprint density at radius 2 is 1.34 bits per heavy atom. The van der Waals surface area contributed by atoms with Gasteiger partial charge < -0.3 is 4.57 Å². The molecule has 222 valence electrons. The Morgan fingerprint density at radius 3 is 2.23 bits per heavy atom. The molecular weight excluding hydrogens is 591 g/mol. The summed E-state index contributed by atoms with van der Waals surface area (Å²) in [6.45, 7) is -0.435. The minimum Gasteiger partial charge on any atom is -0.307 e. The van der Waals surface area contributed by atoms with Crippen molar-refractivity contribution in [2.75, 3.05) is 0 Å². The van der Waals surface area contributed by atoms with Crippen LogP contribution in [0.5, 0.6) is 0 Å². The number of para-hydroxylation sites is 2. The van der Waals surface area contributed by atoms with E-state index in [4.69, 9.17) is 14.1 Å². The molecule has 9 aromatic rings. The van der Waals surface area contributed by atoms with Gasteiger partial charge in [0.05, 0.1) is 32.6 Å². The van der Waals surface area contributed by atoms with Gasteiger partial charge in [0.1, 0.15) is 0 Å². The number of thiophene rings is 1. The Kier molecular flexibility index (Phi) is 4.90. The largest absolute Gasteiger partial charge is 0.307 e. The molecular formula is C43H29N3S. The topological polar surface area (TPSA) is 30.7 Å². The van der Waals surface area contributed by atoms with E-state index in [9.17, 15) is 0 Å². The first-order valence-electron chi connectivity index (χ1n) is 17.3. The molecule has 0 saturated heterocycles. The molecule has 3 aromatic heterocycles. The van der Waals surface area contributed by atoms with Crippen molar-refractivity contribution in [1.82, 2.24) is 14.5 Å². The first-order valence-corrected chi connectivity index (χ1v) is 16.7. The molecule has 0 saturated carbocycles. The number of aromatic nitrogens is 3. The molecule has 0 spiro atoms. The van der Waals surface area contributed by atoms with Crippen molar-refractivity contribution in [3.05, 3.63) is 151 Å². The molecule has 1 aliphatic rings. The van der Waals surface area contributed by atoms with Crippen LogP contribution in [0, 0.1) is 0 Å². The fourth-order valence-corrected chi connectivity index (χ4v) is 8.69. The van der Waals surface area contributed by atoms with E-state index in [1.165, 1.54) is 14.8 Å². The van der Waals surface area contributed by atoms with Crippen LogP contribution in [0.2, 0.25) is 0 Å². The number of nitrogens with zero attached hydrogens (tertiary/aromatic N) is 3. The molecule has 0 radical (unpaired) electrons. The van der Waals surface area contributed by atoms with Crippen molar-refractivity contribution in [3.63, 3.8) is 0 Å². The molecule has 1 unspecified atom stereocenters. The van der Waals surface area contributed by atoms with Gasteiger partial charge in [0.2, 0.25) is 0 Å². The maximum Gasteiger partial charge on any atom is 0.160 e. The highest BCUT2D eigenvalue weighted by Gasteiger charge is 2.36. The van der Waals surface area contributed by atoms with Gasteiger partial charge in [-0.3, -0.25) is 0 Å². The standard InChI is InChI=1S/C43H29N3S/c1-43(2)33-19-11-18-32-39(33)46(40-31-17-7-9-21-37(31)47-41(32)40)36-23-22-28(25-34(36)43)38-30-16-6-8-20-35(30)44-42(45-38)29-15-10-14-27(24-29)26-12-4-3-5-13-26/h3-25H,1-2H3/i1D3. The predicted molar refractivity (Wildman–Crippen MR) is 198 cm³/mol. The van der Waals surface area contributed by atoms with E-state index in [1.807, 2.05) is 73.7 Å². The normalized spacial score (nSPS) is 16.7. The van der Waals surface area contributed by atoms with Gasteiger partial charge in [0.15, 0.2) is 5.82 Å². The summed E-state index contributed by atoms with van der Waals surface area (Å²) in [7, 11) is 0. The average molecular weight is 623 g/mol. The van der Waals surface area contributed by atoms with Crippen molar-refractivity contribution in [1.29, 1.82) is 0 Å². The highest BCUT2D eigenvalue weighted by atomic mass is 32.1. The van der Waals surface area contributed by atoms with Crippen LogP contribution in [0.4, 0.5) is 0 Å². The third kappa shape index (κ3) is 3.79. The van der Waals surface area contributed by atoms with Crippen molar-refractivity contribution in [2.45, 2.75) is 19.2 Å². The number of fused-ring (bicyclic) bond motifs is 8. The lowest BCUT2D eigenvalue weighted by Gasteiger charge is -2.35.